The molecule has 0 atom stereocenters. The minimum atomic E-state index is -0.904. The van der Waals surface area contributed by atoms with Gasteiger partial charge in [-0.2, -0.15) is 0 Å². The Balaban J connectivity index is 1.73. The summed E-state index contributed by atoms with van der Waals surface area (Å²) < 4.78 is 6.71. The van der Waals surface area contributed by atoms with Crippen LogP contribution in [0.2, 0.25) is 0 Å². The Kier molecular flexibility index (Phi) is 6.30. The lowest BCUT2D eigenvalue weighted by Crippen LogP contribution is -2.27. The third-order valence-corrected chi connectivity index (χ3v) is 5.42. The first-order valence-corrected chi connectivity index (χ1v) is 9.94. The van der Waals surface area contributed by atoms with Crippen molar-refractivity contribution in [3.05, 3.63) is 63.5 Å². The van der Waals surface area contributed by atoms with Gasteiger partial charge in [-0.05, 0) is 42.0 Å². The average molecular weight is 464 g/mol. The third-order valence-electron chi connectivity index (χ3n) is 3.62. The Morgan fingerprint density at radius 3 is 2.67 bits per heavy atom. The van der Waals surface area contributed by atoms with Crippen LogP contribution in [-0.4, -0.2) is 27.9 Å². The van der Waals surface area contributed by atoms with E-state index in [-0.39, 0.29) is 18.9 Å². The first-order valence-electron chi connectivity index (χ1n) is 7.92. The molecule has 1 aliphatic rings. The zero-order valence-electron chi connectivity index (χ0n) is 13.9. The number of carboxylic acid groups (broad SMARTS) is 1. The summed E-state index contributed by atoms with van der Waals surface area (Å²) in [4.78, 5) is 25.3. The number of aliphatic carboxylic acids is 1. The number of amides is 1. The second kappa shape index (κ2) is 8.69. The van der Waals surface area contributed by atoms with E-state index in [1.165, 1.54) is 16.7 Å². The van der Waals surface area contributed by atoms with Gasteiger partial charge in [0.1, 0.15) is 5.75 Å². The van der Waals surface area contributed by atoms with Gasteiger partial charge in [0, 0.05) is 4.47 Å². The molecule has 27 heavy (non-hydrogen) atoms. The number of thiocarbonyl (C=S) groups is 1. The summed E-state index contributed by atoms with van der Waals surface area (Å²) in [5.41, 5.74) is 1.55. The molecule has 1 aliphatic heterocycles. The molecular formula is C19H14BrNO4S2. The molecule has 1 fully saturated rings. The molecule has 3 rings (SSSR count). The average Bonchev–Trinajstić information content (AvgIpc) is 2.89. The number of carbonyl (C=O) groups excluding carboxylic acids is 1. The van der Waals surface area contributed by atoms with E-state index < -0.39 is 5.97 Å². The van der Waals surface area contributed by atoms with E-state index in [0.29, 0.717) is 15.0 Å². The van der Waals surface area contributed by atoms with Crippen LogP contribution in [-0.2, 0) is 9.59 Å². The van der Waals surface area contributed by atoms with Gasteiger partial charge in [-0.25, -0.2) is 0 Å². The number of hydrogen-bond donors (Lipinski definition) is 1. The van der Waals surface area contributed by atoms with Gasteiger partial charge in [-0.15, -0.1) is 0 Å². The van der Waals surface area contributed by atoms with Crippen LogP contribution in [0.1, 0.15) is 12.0 Å². The molecule has 5 nitrogen and oxygen atoms in total. The van der Waals surface area contributed by atoms with E-state index >= 15 is 0 Å². The minimum Gasteiger partial charge on any atom is -0.493 e. The molecule has 0 radical (unpaired) electrons. The van der Waals surface area contributed by atoms with E-state index in [2.05, 4.69) is 15.9 Å². The predicted octanol–water partition coefficient (Wildman–Crippen LogP) is 4.71. The smallest absolute Gasteiger partial charge is 0.306 e. The number of thioether (sulfide) groups is 1. The molecule has 1 saturated heterocycles. The van der Waals surface area contributed by atoms with Gasteiger partial charge >= 0.3 is 5.97 Å². The van der Waals surface area contributed by atoms with E-state index in [1.54, 1.807) is 18.2 Å². The molecule has 0 unspecified atom stereocenters. The lowest BCUT2D eigenvalue weighted by Gasteiger charge is -2.14. The number of carboxylic acids is 1. The van der Waals surface area contributed by atoms with Crippen LogP contribution in [0.5, 0.6) is 5.75 Å². The van der Waals surface area contributed by atoms with Crippen LogP contribution in [0.15, 0.2) is 57.9 Å². The molecule has 0 aromatic heterocycles. The van der Waals surface area contributed by atoms with Gasteiger partial charge in [0.15, 0.2) is 4.32 Å². The SMILES string of the molecule is O=C(O)CCOc1ccc(/C=C2/SC(=S)N(c3cccc(Br)c3)C2=O)cc1. The summed E-state index contributed by atoms with van der Waals surface area (Å²) in [6.07, 6.45) is 1.72. The highest BCUT2D eigenvalue weighted by Gasteiger charge is 2.33. The number of carbonyl (C=O) groups is 2. The van der Waals surface area contributed by atoms with Crippen molar-refractivity contribution in [2.75, 3.05) is 11.5 Å². The lowest BCUT2D eigenvalue weighted by molar-refractivity contribution is -0.137. The molecule has 8 heteroatoms. The maximum atomic E-state index is 12.8. The second-order valence-corrected chi connectivity index (χ2v) is 8.15. The molecular weight excluding hydrogens is 450 g/mol. The summed E-state index contributed by atoms with van der Waals surface area (Å²) in [7, 11) is 0. The van der Waals surface area contributed by atoms with Crippen molar-refractivity contribution >= 4 is 67.9 Å². The number of halogens is 1. The van der Waals surface area contributed by atoms with Crippen LogP contribution >= 0.6 is 39.9 Å². The minimum absolute atomic E-state index is 0.0557. The second-order valence-electron chi connectivity index (χ2n) is 5.56. The van der Waals surface area contributed by atoms with Crippen molar-refractivity contribution in [1.29, 1.82) is 0 Å². The molecule has 138 valence electrons. The molecule has 2 aromatic rings. The number of anilines is 1. The maximum Gasteiger partial charge on any atom is 0.306 e. The topological polar surface area (TPSA) is 66.8 Å². The summed E-state index contributed by atoms with van der Waals surface area (Å²) in [5, 5.41) is 8.62. The zero-order valence-corrected chi connectivity index (χ0v) is 17.1. The Hall–Kier alpha value is -2.16. The summed E-state index contributed by atoms with van der Waals surface area (Å²) >= 11 is 10.0. The number of hydrogen-bond acceptors (Lipinski definition) is 5. The number of benzene rings is 2. The summed E-state index contributed by atoms with van der Waals surface area (Å²) in [6, 6.07) is 14.5. The molecule has 0 bridgehead atoms. The highest BCUT2D eigenvalue weighted by molar-refractivity contribution is 9.10. The molecule has 2 aromatic carbocycles. The molecule has 0 saturated carbocycles. The van der Waals surface area contributed by atoms with E-state index in [1.807, 2.05) is 36.4 Å². The fourth-order valence-corrected chi connectivity index (χ4v) is 4.06. The van der Waals surface area contributed by atoms with Gasteiger partial charge < -0.3 is 9.84 Å². The fraction of sp³-hybridized carbons (Fsp3) is 0.105. The Morgan fingerprint density at radius 2 is 2.00 bits per heavy atom. The van der Waals surface area contributed by atoms with Gasteiger partial charge in [0.05, 0.1) is 23.6 Å². The highest BCUT2D eigenvalue weighted by Crippen LogP contribution is 2.36. The number of nitrogens with zero attached hydrogens (tertiary/aromatic N) is 1. The van der Waals surface area contributed by atoms with Crippen LogP contribution in [0.4, 0.5) is 5.69 Å². The summed E-state index contributed by atoms with van der Waals surface area (Å²) in [6.45, 7) is 0.111. The third kappa shape index (κ3) is 4.97. The standard InChI is InChI=1S/C19H14BrNO4S2/c20-13-2-1-3-14(11-13)21-18(24)16(27-19(21)26)10-12-4-6-15(7-5-12)25-9-8-17(22)23/h1-7,10-11H,8-9H2,(H,22,23)/b16-10+. The molecule has 0 spiro atoms. The van der Waals surface area contributed by atoms with Crippen molar-refractivity contribution < 1.29 is 19.4 Å². The summed E-state index contributed by atoms with van der Waals surface area (Å²) in [5.74, 6) is -0.487. The Morgan fingerprint density at radius 1 is 1.26 bits per heavy atom. The Labute approximate surface area is 174 Å². The van der Waals surface area contributed by atoms with Crippen molar-refractivity contribution in [3.8, 4) is 5.75 Å². The molecule has 0 aliphatic carbocycles. The van der Waals surface area contributed by atoms with Crippen LogP contribution in [0.3, 0.4) is 0 Å². The maximum absolute atomic E-state index is 12.8. The van der Waals surface area contributed by atoms with E-state index in [0.717, 1.165) is 15.7 Å². The van der Waals surface area contributed by atoms with Gasteiger partial charge in [-0.1, -0.05) is 58.1 Å². The van der Waals surface area contributed by atoms with Crippen molar-refractivity contribution in [2.45, 2.75) is 6.42 Å². The fourth-order valence-electron chi connectivity index (χ4n) is 2.37. The lowest BCUT2D eigenvalue weighted by atomic mass is 10.2. The highest BCUT2D eigenvalue weighted by atomic mass is 79.9. The zero-order chi connectivity index (χ0) is 19.4. The van der Waals surface area contributed by atoms with E-state index in [4.69, 9.17) is 22.1 Å². The van der Waals surface area contributed by atoms with Gasteiger partial charge in [-0.3, -0.25) is 14.5 Å². The number of rotatable bonds is 6. The quantitative estimate of drug-likeness (QED) is 0.494. The monoisotopic (exact) mass is 463 g/mol. The van der Waals surface area contributed by atoms with Crippen molar-refractivity contribution in [3.63, 3.8) is 0 Å². The Bertz CT molecular complexity index is 928. The molecule has 1 N–H and O–H groups in total. The molecule has 1 heterocycles. The predicted molar refractivity (Wildman–Crippen MR) is 114 cm³/mol. The van der Waals surface area contributed by atoms with Gasteiger partial charge in [0.2, 0.25) is 0 Å². The normalized spacial score (nSPS) is 15.4. The van der Waals surface area contributed by atoms with Crippen molar-refractivity contribution in [2.24, 2.45) is 0 Å². The first kappa shape index (κ1) is 19.6. The largest absolute Gasteiger partial charge is 0.493 e. The van der Waals surface area contributed by atoms with Crippen molar-refractivity contribution in [1.82, 2.24) is 0 Å². The van der Waals surface area contributed by atoms with Crippen LogP contribution < -0.4 is 9.64 Å². The van der Waals surface area contributed by atoms with Gasteiger partial charge in [0.25, 0.3) is 5.91 Å². The van der Waals surface area contributed by atoms with Crippen LogP contribution in [0, 0.1) is 0 Å². The molecule has 1 amide bonds. The van der Waals surface area contributed by atoms with Crippen LogP contribution in [0.25, 0.3) is 6.08 Å². The first-order chi connectivity index (χ1) is 12.9. The van der Waals surface area contributed by atoms with E-state index in [9.17, 15) is 9.59 Å². The number of ether oxygens (including phenoxy) is 1.